The second-order valence-corrected chi connectivity index (χ2v) is 6.78. The molecule has 0 amide bonds. The van der Waals surface area contributed by atoms with Gasteiger partial charge in [0.05, 0.1) is 31.1 Å². The van der Waals surface area contributed by atoms with Gasteiger partial charge < -0.3 is 9.30 Å². The summed E-state index contributed by atoms with van der Waals surface area (Å²) in [6.45, 7) is 2.27. The predicted molar refractivity (Wildman–Crippen MR) is 84.9 cm³/mol. The zero-order valence-electron chi connectivity index (χ0n) is 13.0. The number of rotatable bonds is 3. The Bertz CT molecular complexity index is 739. The molecule has 3 aliphatic carbocycles. The number of hydrogen-bond acceptors (Lipinski definition) is 5. The minimum atomic E-state index is -0.117. The molecular formula is C16H19ClN4O2. The maximum Gasteiger partial charge on any atom is 0.311 e. The Labute approximate surface area is 139 Å². The largest absolute Gasteiger partial charge is 0.466 e. The summed E-state index contributed by atoms with van der Waals surface area (Å²) in [5.74, 6) is 0.641. The highest BCUT2D eigenvalue weighted by atomic mass is 35.5. The van der Waals surface area contributed by atoms with E-state index in [1.54, 1.807) is 12.5 Å². The van der Waals surface area contributed by atoms with Crippen molar-refractivity contribution in [1.29, 1.82) is 0 Å². The Morgan fingerprint density at radius 3 is 2.78 bits per heavy atom. The van der Waals surface area contributed by atoms with Crippen molar-refractivity contribution in [3.05, 3.63) is 17.8 Å². The lowest BCUT2D eigenvalue weighted by molar-refractivity contribution is -0.157. The first-order chi connectivity index (χ1) is 11.2. The van der Waals surface area contributed by atoms with Crippen LogP contribution in [-0.4, -0.2) is 32.1 Å². The van der Waals surface area contributed by atoms with Gasteiger partial charge >= 0.3 is 5.97 Å². The van der Waals surface area contributed by atoms with E-state index in [9.17, 15) is 4.79 Å². The van der Waals surface area contributed by atoms with E-state index >= 15 is 0 Å². The highest BCUT2D eigenvalue weighted by Crippen LogP contribution is 2.52. The van der Waals surface area contributed by atoms with Crippen molar-refractivity contribution in [1.82, 2.24) is 19.5 Å². The van der Waals surface area contributed by atoms with Gasteiger partial charge in [-0.2, -0.15) is 4.98 Å². The van der Waals surface area contributed by atoms with E-state index in [2.05, 4.69) is 15.0 Å². The number of aromatic nitrogens is 4. The fourth-order valence-electron chi connectivity index (χ4n) is 4.41. The Hall–Kier alpha value is -1.69. The Morgan fingerprint density at radius 1 is 1.30 bits per heavy atom. The van der Waals surface area contributed by atoms with Gasteiger partial charge in [0.2, 0.25) is 5.28 Å². The Morgan fingerprint density at radius 2 is 2.04 bits per heavy atom. The van der Waals surface area contributed by atoms with Gasteiger partial charge in [0.15, 0.2) is 5.65 Å². The number of imidazole rings is 1. The summed E-state index contributed by atoms with van der Waals surface area (Å²) in [5, 5.41) is 0.202. The van der Waals surface area contributed by atoms with Crippen molar-refractivity contribution < 1.29 is 9.53 Å². The molecule has 0 radical (unpaired) electrons. The number of fused-ring (bicyclic) bond motifs is 4. The molecule has 5 rings (SSSR count). The Kier molecular flexibility index (Phi) is 3.71. The number of carbonyl (C=O) groups excluding carboxylic acids is 1. The van der Waals surface area contributed by atoms with Crippen molar-refractivity contribution in [2.24, 2.45) is 17.8 Å². The normalized spacial score (nSPS) is 29.8. The van der Waals surface area contributed by atoms with Gasteiger partial charge in [0.1, 0.15) is 5.52 Å². The lowest BCUT2D eigenvalue weighted by atomic mass is 9.61. The summed E-state index contributed by atoms with van der Waals surface area (Å²) < 4.78 is 7.39. The molecule has 3 saturated carbocycles. The maximum atomic E-state index is 12.6. The van der Waals surface area contributed by atoms with E-state index in [1.807, 2.05) is 11.5 Å². The number of nitrogens with zero attached hydrogens (tertiary/aromatic N) is 4. The summed E-state index contributed by atoms with van der Waals surface area (Å²) in [5.41, 5.74) is 1.41. The van der Waals surface area contributed by atoms with Crippen LogP contribution in [0.15, 0.2) is 12.5 Å². The highest BCUT2D eigenvalue weighted by Gasteiger charge is 2.49. The van der Waals surface area contributed by atoms with E-state index < -0.39 is 0 Å². The molecule has 0 N–H and O–H groups in total. The minimum absolute atomic E-state index is 0.0533. The van der Waals surface area contributed by atoms with Crippen LogP contribution in [0.25, 0.3) is 11.2 Å². The number of halogens is 1. The summed E-state index contributed by atoms with van der Waals surface area (Å²) in [6.07, 6.45) is 7.89. The van der Waals surface area contributed by atoms with Gasteiger partial charge in [-0.3, -0.25) is 4.79 Å². The van der Waals surface area contributed by atoms with Crippen LogP contribution in [0.1, 0.15) is 38.6 Å². The van der Waals surface area contributed by atoms with Crippen LogP contribution in [0.5, 0.6) is 0 Å². The van der Waals surface area contributed by atoms with Crippen molar-refractivity contribution in [3.8, 4) is 0 Å². The molecule has 0 unspecified atom stereocenters. The molecule has 0 saturated heterocycles. The molecule has 2 aromatic rings. The summed E-state index contributed by atoms with van der Waals surface area (Å²) >= 11 is 5.96. The zero-order valence-corrected chi connectivity index (χ0v) is 13.7. The van der Waals surface area contributed by atoms with Crippen LogP contribution in [0.2, 0.25) is 5.28 Å². The van der Waals surface area contributed by atoms with Crippen molar-refractivity contribution in [2.45, 2.75) is 38.6 Å². The van der Waals surface area contributed by atoms with Crippen LogP contribution in [-0.2, 0) is 9.53 Å². The van der Waals surface area contributed by atoms with Crippen LogP contribution in [0.4, 0.5) is 0 Å². The van der Waals surface area contributed by atoms with Crippen molar-refractivity contribution in [2.75, 3.05) is 6.61 Å². The average Bonchev–Trinajstić information content (AvgIpc) is 2.98. The molecule has 6 nitrogen and oxygen atoms in total. The molecule has 0 aromatic carbocycles. The zero-order chi connectivity index (χ0) is 16.0. The summed E-state index contributed by atoms with van der Waals surface area (Å²) in [4.78, 5) is 25.3. The SMILES string of the molecule is CCOC(=O)[C@H]1C2CCC(CC2)[C@@H]1n1cnc2cnc(Cl)nc21. The quantitative estimate of drug-likeness (QED) is 0.637. The van der Waals surface area contributed by atoms with Crippen molar-refractivity contribution >= 4 is 28.7 Å². The predicted octanol–water partition coefficient (Wildman–Crippen LogP) is 3.02. The maximum absolute atomic E-state index is 12.6. The molecule has 2 heterocycles. The van der Waals surface area contributed by atoms with Gasteiger partial charge in [-0.15, -0.1) is 0 Å². The molecule has 2 bridgehead atoms. The molecule has 3 aliphatic rings. The third-order valence-electron chi connectivity index (χ3n) is 5.34. The summed E-state index contributed by atoms with van der Waals surface area (Å²) in [6, 6.07) is 0.0533. The first kappa shape index (κ1) is 14.9. The van der Waals surface area contributed by atoms with Gasteiger partial charge in [-0.05, 0) is 56.0 Å². The molecule has 7 heteroatoms. The third-order valence-corrected chi connectivity index (χ3v) is 5.52. The average molecular weight is 335 g/mol. The van der Waals surface area contributed by atoms with E-state index in [0.717, 1.165) is 25.7 Å². The first-order valence-corrected chi connectivity index (χ1v) is 8.58. The number of carbonyl (C=O) groups is 1. The molecule has 0 spiro atoms. The van der Waals surface area contributed by atoms with Gasteiger partial charge in [0.25, 0.3) is 0 Å². The molecule has 2 atom stereocenters. The fourth-order valence-corrected chi connectivity index (χ4v) is 4.54. The second-order valence-electron chi connectivity index (χ2n) is 6.44. The molecule has 2 aromatic heterocycles. The van der Waals surface area contributed by atoms with E-state index in [4.69, 9.17) is 16.3 Å². The second kappa shape index (κ2) is 5.74. The van der Waals surface area contributed by atoms with E-state index in [1.165, 1.54) is 0 Å². The highest BCUT2D eigenvalue weighted by molar-refractivity contribution is 6.28. The molecule has 23 heavy (non-hydrogen) atoms. The van der Waals surface area contributed by atoms with E-state index in [0.29, 0.717) is 29.6 Å². The monoisotopic (exact) mass is 334 g/mol. The number of hydrogen-bond donors (Lipinski definition) is 0. The standard InChI is InChI=1S/C16H19ClN4O2/c1-2-23-15(22)12-9-3-5-10(6-4-9)13(12)21-8-19-11-7-18-16(17)20-14(11)21/h7-10,12-13H,2-6H2,1H3/t9?,10?,12-,13-/m0/s1. The Balaban J connectivity index is 1.79. The van der Waals surface area contributed by atoms with Crippen LogP contribution in [0, 0.1) is 17.8 Å². The fraction of sp³-hybridized carbons (Fsp3) is 0.625. The van der Waals surface area contributed by atoms with Crippen molar-refractivity contribution in [3.63, 3.8) is 0 Å². The molecule has 3 fully saturated rings. The number of esters is 1. The minimum Gasteiger partial charge on any atom is -0.466 e. The molecule has 122 valence electrons. The smallest absolute Gasteiger partial charge is 0.311 e. The first-order valence-electron chi connectivity index (χ1n) is 8.20. The lowest BCUT2D eigenvalue weighted by Gasteiger charge is -2.47. The van der Waals surface area contributed by atoms with Gasteiger partial charge in [-0.25, -0.2) is 9.97 Å². The van der Waals surface area contributed by atoms with Crippen LogP contribution < -0.4 is 0 Å². The summed E-state index contributed by atoms with van der Waals surface area (Å²) in [7, 11) is 0. The number of ether oxygens (including phenoxy) is 1. The molecule has 0 aliphatic heterocycles. The molecular weight excluding hydrogens is 316 g/mol. The van der Waals surface area contributed by atoms with Crippen LogP contribution >= 0.6 is 11.6 Å². The van der Waals surface area contributed by atoms with Gasteiger partial charge in [0, 0.05) is 0 Å². The van der Waals surface area contributed by atoms with Crippen LogP contribution in [0.3, 0.4) is 0 Å². The van der Waals surface area contributed by atoms with Gasteiger partial charge in [-0.1, -0.05) is 0 Å². The third kappa shape index (κ3) is 2.40. The lowest BCUT2D eigenvalue weighted by Crippen LogP contribution is -2.45. The topological polar surface area (TPSA) is 69.9 Å². The van der Waals surface area contributed by atoms with E-state index in [-0.39, 0.29) is 23.2 Å².